The van der Waals surface area contributed by atoms with Crippen LogP contribution in [0.3, 0.4) is 0 Å². The van der Waals surface area contributed by atoms with E-state index in [0.29, 0.717) is 13.0 Å². The maximum absolute atomic E-state index is 12.5. The van der Waals surface area contributed by atoms with Crippen LogP contribution >= 0.6 is 0 Å². The fraction of sp³-hybridized carbons (Fsp3) is 0.846. The number of methoxy groups -OCH3 is 1. The van der Waals surface area contributed by atoms with Gasteiger partial charge in [-0.25, -0.2) is 0 Å². The first-order valence-corrected chi connectivity index (χ1v) is 6.42. The van der Waals surface area contributed by atoms with Gasteiger partial charge in [-0.15, -0.1) is 0 Å². The Bertz CT molecular complexity index is 328. The minimum Gasteiger partial charge on any atom is -0.385 e. The highest BCUT2D eigenvalue weighted by Crippen LogP contribution is 2.21. The highest BCUT2D eigenvalue weighted by Gasteiger charge is 2.41. The number of hydrogen-bond acceptors (Lipinski definition) is 3. The number of rotatable bonds is 4. The summed E-state index contributed by atoms with van der Waals surface area (Å²) in [5.74, 6) is -0.0910. The van der Waals surface area contributed by atoms with Crippen molar-refractivity contribution in [2.75, 3.05) is 13.7 Å². The zero-order chi connectivity index (χ0) is 13.9. The van der Waals surface area contributed by atoms with Crippen molar-refractivity contribution in [1.29, 1.82) is 0 Å². The van der Waals surface area contributed by atoms with E-state index in [1.54, 1.807) is 21.0 Å². The highest BCUT2D eigenvalue weighted by molar-refractivity contribution is 5.93. The Kier molecular flexibility index (Phi) is 4.73. The molecular weight excluding hydrogens is 232 g/mol. The minimum atomic E-state index is -0.830. The van der Waals surface area contributed by atoms with Crippen molar-refractivity contribution >= 4 is 11.8 Å². The van der Waals surface area contributed by atoms with Gasteiger partial charge in [-0.1, -0.05) is 0 Å². The van der Waals surface area contributed by atoms with Crippen LogP contribution in [0.25, 0.3) is 0 Å². The van der Waals surface area contributed by atoms with Crippen LogP contribution in [0, 0.1) is 0 Å². The molecule has 104 valence electrons. The fourth-order valence-corrected chi connectivity index (χ4v) is 2.40. The molecule has 0 radical (unpaired) electrons. The standard InChI is InChI=1S/C13H24N2O3/c1-9(6-7-18-5)15-10(2)8-11(16)14-13(3,4)12(15)17/h9-10H,6-8H2,1-5H3,(H,14,16). The van der Waals surface area contributed by atoms with Gasteiger partial charge in [0.05, 0.1) is 0 Å². The van der Waals surface area contributed by atoms with Crippen LogP contribution in [0.15, 0.2) is 0 Å². The van der Waals surface area contributed by atoms with Gasteiger partial charge in [-0.3, -0.25) is 9.59 Å². The second-order valence-corrected chi connectivity index (χ2v) is 5.57. The Morgan fingerprint density at radius 2 is 2.11 bits per heavy atom. The first kappa shape index (κ1) is 15.0. The van der Waals surface area contributed by atoms with Crippen LogP contribution < -0.4 is 5.32 Å². The summed E-state index contributed by atoms with van der Waals surface area (Å²) in [6.45, 7) is 8.03. The number of carbonyl (C=O) groups excluding carboxylic acids is 2. The Hall–Kier alpha value is -1.10. The molecule has 2 unspecified atom stereocenters. The monoisotopic (exact) mass is 256 g/mol. The molecule has 1 rings (SSSR count). The van der Waals surface area contributed by atoms with Gasteiger partial charge in [0.2, 0.25) is 11.8 Å². The molecule has 0 aromatic carbocycles. The molecule has 5 nitrogen and oxygen atoms in total. The summed E-state index contributed by atoms with van der Waals surface area (Å²) in [7, 11) is 1.65. The maximum atomic E-state index is 12.5. The van der Waals surface area contributed by atoms with Crippen molar-refractivity contribution in [2.45, 2.75) is 58.2 Å². The summed E-state index contributed by atoms with van der Waals surface area (Å²) < 4.78 is 5.06. The van der Waals surface area contributed by atoms with Crippen LogP contribution in [0.4, 0.5) is 0 Å². The topological polar surface area (TPSA) is 58.6 Å². The molecule has 1 aliphatic rings. The minimum absolute atomic E-state index is 0.0237. The van der Waals surface area contributed by atoms with E-state index in [1.807, 2.05) is 18.7 Å². The normalized spacial score (nSPS) is 25.6. The van der Waals surface area contributed by atoms with Crippen LogP contribution in [0.1, 0.15) is 40.5 Å². The third-order valence-corrected chi connectivity index (χ3v) is 3.39. The largest absolute Gasteiger partial charge is 0.385 e. The van der Waals surface area contributed by atoms with E-state index in [-0.39, 0.29) is 23.9 Å². The molecule has 1 aliphatic heterocycles. The van der Waals surface area contributed by atoms with E-state index in [4.69, 9.17) is 4.74 Å². The molecule has 0 bridgehead atoms. The Labute approximate surface area is 109 Å². The number of hydrogen-bond donors (Lipinski definition) is 1. The number of nitrogens with zero attached hydrogens (tertiary/aromatic N) is 1. The van der Waals surface area contributed by atoms with Crippen LogP contribution in [0.2, 0.25) is 0 Å². The van der Waals surface area contributed by atoms with Gasteiger partial charge in [-0.05, 0) is 34.1 Å². The summed E-state index contributed by atoms with van der Waals surface area (Å²) in [6.07, 6.45) is 1.13. The van der Waals surface area contributed by atoms with Gasteiger partial charge >= 0.3 is 0 Å². The van der Waals surface area contributed by atoms with E-state index in [2.05, 4.69) is 5.32 Å². The van der Waals surface area contributed by atoms with Gasteiger partial charge < -0.3 is 15.0 Å². The van der Waals surface area contributed by atoms with Gasteiger partial charge in [0.15, 0.2) is 0 Å². The smallest absolute Gasteiger partial charge is 0.248 e. The number of nitrogens with one attached hydrogen (secondary N) is 1. The number of carbonyl (C=O) groups is 2. The second kappa shape index (κ2) is 5.69. The van der Waals surface area contributed by atoms with Crippen molar-refractivity contribution in [1.82, 2.24) is 10.2 Å². The van der Waals surface area contributed by atoms with Gasteiger partial charge in [0.25, 0.3) is 0 Å². The molecule has 0 aromatic heterocycles. The average molecular weight is 256 g/mol. The molecule has 5 heteroatoms. The predicted octanol–water partition coefficient (Wildman–Crippen LogP) is 0.927. The SMILES string of the molecule is COCCC(C)N1C(=O)C(C)(C)NC(=O)CC1C. The Balaban J connectivity index is 2.91. The molecule has 18 heavy (non-hydrogen) atoms. The Morgan fingerprint density at radius 1 is 1.50 bits per heavy atom. The molecular formula is C13H24N2O3. The van der Waals surface area contributed by atoms with Gasteiger partial charge in [-0.2, -0.15) is 0 Å². The van der Waals surface area contributed by atoms with E-state index < -0.39 is 5.54 Å². The lowest BCUT2D eigenvalue weighted by molar-refractivity contribution is -0.141. The molecule has 1 fully saturated rings. The summed E-state index contributed by atoms with van der Waals surface area (Å²) >= 11 is 0. The van der Waals surface area contributed by atoms with Crippen LogP contribution in [0.5, 0.6) is 0 Å². The molecule has 0 spiro atoms. The van der Waals surface area contributed by atoms with Crippen LogP contribution in [-0.2, 0) is 14.3 Å². The third-order valence-electron chi connectivity index (χ3n) is 3.39. The summed E-state index contributed by atoms with van der Waals surface area (Å²) in [5, 5.41) is 2.78. The fourth-order valence-electron chi connectivity index (χ4n) is 2.40. The molecule has 2 atom stereocenters. The highest BCUT2D eigenvalue weighted by atomic mass is 16.5. The van der Waals surface area contributed by atoms with E-state index in [0.717, 1.165) is 6.42 Å². The van der Waals surface area contributed by atoms with E-state index >= 15 is 0 Å². The average Bonchev–Trinajstić information content (AvgIpc) is 2.31. The summed E-state index contributed by atoms with van der Waals surface area (Å²) in [4.78, 5) is 26.0. The van der Waals surface area contributed by atoms with Gasteiger partial charge in [0, 0.05) is 32.2 Å². The van der Waals surface area contributed by atoms with Gasteiger partial charge in [0.1, 0.15) is 5.54 Å². The van der Waals surface area contributed by atoms with Crippen molar-refractivity contribution in [3.8, 4) is 0 Å². The molecule has 0 saturated carbocycles. The second-order valence-electron chi connectivity index (χ2n) is 5.57. The lowest BCUT2D eigenvalue weighted by atomic mass is 10.0. The predicted molar refractivity (Wildman–Crippen MR) is 69.1 cm³/mol. The molecule has 0 aromatic rings. The Morgan fingerprint density at radius 3 is 2.67 bits per heavy atom. The zero-order valence-electron chi connectivity index (χ0n) is 11.9. The van der Waals surface area contributed by atoms with E-state index in [1.165, 1.54) is 0 Å². The van der Waals surface area contributed by atoms with Crippen molar-refractivity contribution in [3.05, 3.63) is 0 Å². The van der Waals surface area contributed by atoms with Crippen LogP contribution in [-0.4, -0.2) is 48.1 Å². The van der Waals surface area contributed by atoms with Crippen molar-refractivity contribution in [3.63, 3.8) is 0 Å². The van der Waals surface area contributed by atoms with E-state index in [9.17, 15) is 9.59 Å². The first-order valence-electron chi connectivity index (χ1n) is 6.42. The zero-order valence-corrected chi connectivity index (χ0v) is 11.9. The molecule has 1 N–H and O–H groups in total. The van der Waals surface area contributed by atoms with Crippen molar-refractivity contribution in [2.24, 2.45) is 0 Å². The third kappa shape index (κ3) is 3.22. The molecule has 2 amide bonds. The maximum Gasteiger partial charge on any atom is 0.248 e. The molecule has 0 aliphatic carbocycles. The molecule has 1 saturated heterocycles. The van der Waals surface area contributed by atoms with Crippen molar-refractivity contribution < 1.29 is 14.3 Å². The molecule has 1 heterocycles. The first-order chi connectivity index (χ1) is 8.29. The quantitative estimate of drug-likeness (QED) is 0.814. The number of ether oxygens (including phenoxy) is 1. The lowest BCUT2D eigenvalue weighted by Gasteiger charge is -2.36. The number of amides is 2. The summed E-state index contributed by atoms with van der Waals surface area (Å²) in [6, 6.07) is -0.00874. The lowest BCUT2D eigenvalue weighted by Crippen LogP contribution is -2.56. The summed E-state index contributed by atoms with van der Waals surface area (Å²) in [5.41, 5.74) is -0.830.